The summed E-state index contributed by atoms with van der Waals surface area (Å²) in [5, 5.41) is 0. The number of carbonyl (C=O) groups excluding carboxylic acids is 1. The molecule has 2 aromatic carbocycles. The predicted octanol–water partition coefficient (Wildman–Crippen LogP) is 4.07. The van der Waals surface area contributed by atoms with Crippen molar-refractivity contribution in [2.45, 2.75) is 37.6 Å². The number of ether oxygens (including phenoxy) is 1. The number of fused-ring (bicyclic) bond motifs is 1. The summed E-state index contributed by atoms with van der Waals surface area (Å²) in [7, 11) is -0.806. The zero-order valence-corrected chi connectivity index (χ0v) is 18.5. The Morgan fingerprint density at radius 1 is 1.16 bits per heavy atom. The molecule has 32 heavy (non-hydrogen) atoms. The molecule has 7 nitrogen and oxygen atoms in total. The number of aromatic nitrogens is 2. The van der Waals surface area contributed by atoms with Gasteiger partial charge >= 0.3 is 12.1 Å². The molecule has 0 amide bonds. The molecule has 3 rings (SSSR count). The van der Waals surface area contributed by atoms with Crippen LogP contribution in [0.15, 0.2) is 47.4 Å². The van der Waals surface area contributed by atoms with Gasteiger partial charge in [-0.25, -0.2) is 22.5 Å². The first kappa shape index (κ1) is 23.7. The van der Waals surface area contributed by atoms with E-state index in [0.29, 0.717) is 23.4 Å². The van der Waals surface area contributed by atoms with Crippen molar-refractivity contribution in [2.24, 2.45) is 0 Å². The van der Waals surface area contributed by atoms with Crippen LogP contribution in [-0.2, 0) is 34.1 Å². The van der Waals surface area contributed by atoms with E-state index in [4.69, 9.17) is 4.74 Å². The minimum absolute atomic E-state index is 0.0728. The molecule has 0 N–H and O–H groups in total. The lowest BCUT2D eigenvalue weighted by atomic mass is 10.1. The van der Waals surface area contributed by atoms with Crippen LogP contribution < -0.4 is 0 Å². The number of hydrogen-bond acceptors (Lipinski definition) is 5. The maximum Gasteiger partial charge on any atom is 0.416 e. The molecule has 1 heterocycles. The summed E-state index contributed by atoms with van der Waals surface area (Å²) in [5.74, 6) is -0.552. The number of hydrogen-bond donors (Lipinski definition) is 0. The Morgan fingerprint density at radius 3 is 2.50 bits per heavy atom. The van der Waals surface area contributed by atoms with E-state index in [2.05, 4.69) is 4.98 Å². The van der Waals surface area contributed by atoms with Crippen LogP contribution in [-0.4, -0.2) is 42.3 Å². The number of imidazole rings is 1. The Morgan fingerprint density at radius 2 is 1.88 bits per heavy atom. The van der Waals surface area contributed by atoms with Crippen LogP contribution in [0.1, 0.15) is 35.1 Å². The summed E-state index contributed by atoms with van der Waals surface area (Å²) in [6.45, 7) is 2.20. The second-order valence-corrected chi connectivity index (χ2v) is 9.42. The molecule has 1 aromatic heterocycles. The molecule has 0 aliphatic heterocycles. The fourth-order valence-corrected chi connectivity index (χ4v) is 4.07. The zero-order valence-electron chi connectivity index (χ0n) is 17.7. The molecule has 172 valence electrons. The van der Waals surface area contributed by atoms with Crippen LogP contribution in [0.2, 0.25) is 0 Å². The topological polar surface area (TPSA) is 81.5 Å². The van der Waals surface area contributed by atoms with Gasteiger partial charge in [0.05, 0.1) is 27.1 Å². The number of esters is 1. The highest BCUT2D eigenvalue weighted by Gasteiger charge is 2.31. The van der Waals surface area contributed by atoms with E-state index >= 15 is 0 Å². The molecule has 0 aliphatic rings. The van der Waals surface area contributed by atoms with Crippen molar-refractivity contribution in [1.29, 1.82) is 0 Å². The zero-order chi connectivity index (χ0) is 23.7. The van der Waals surface area contributed by atoms with Crippen molar-refractivity contribution in [3.05, 3.63) is 59.4 Å². The molecule has 0 saturated heterocycles. The van der Waals surface area contributed by atoms with Gasteiger partial charge in [0.25, 0.3) is 0 Å². The number of alkyl halides is 3. The van der Waals surface area contributed by atoms with Crippen molar-refractivity contribution < 1.29 is 31.1 Å². The fourth-order valence-electron chi connectivity index (χ4n) is 3.15. The molecule has 0 saturated carbocycles. The van der Waals surface area contributed by atoms with Crippen LogP contribution in [0.5, 0.6) is 0 Å². The van der Waals surface area contributed by atoms with E-state index in [0.717, 1.165) is 28.9 Å². The first-order valence-corrected chi connectivity index (χ1v) is 11.1. The van der Waals surface area contributed by atoms with Gasteiger partial charge in [-0.15, -0.1) is 0 Å². The molecular formula is C21H22F3N3O4S. The quantitative estimate of drug-likeness (QED) is 0.487. The number of halogens is 3. The summed E-state index contributed by atoms with van der Waals surface area (Å²) in [4.78, 5) is 16.8. The van der Waals surface area contributed by atoms with Crippen LogP contribution >= 0.6 is 0 Å². The summed E-state index contributed by atoms with van der Waals surface area (Å²) in [6, 6.07) is 8.53. The summed E-state index contributed by atoms with van der Waals surface area (Å²) in [6.07, 6.45) is -3.84. The highest BCUT2D eigenvalue weighted by Crippen LogP contribution is 2.30. The van der Waals surface area contributed by atoms with Crippen LogP contribution in [0.4, 0.5) is 13.2 Å². The number of carbonyl (C=O) groups is 1. The molecular weight excluding hydrogens is 447 g/mol. The van der Waals surface area contributed by atoms with Gasteiger partial charge in [-0.2, -0.15) is 13.2 Å². The van der Waals surface area contributed by atoms with Gasteiger partial charge in [0.1, 0.15) is 12.4 Å². The van der Waals surface area contributed by atoms with Crippen molar-refractivity contribution in [3.63, 3.8) is 0 Å². The molecule has 0 bridgehead atoms. The average Bonchev–Trinajstić information content (AvgIpc) is 3.08. The Kier molecular flexibility index (Phi) is 6.61. The lowest BCUT2D eigenvalue weighted by Gasteiger charge is -2.11. The van der Waals surface area contributed by atoms with Gasteiger partial charge in [0, 0.05) is 20.6 Å². The SMILES string of the molecule is CCCn1c(COC(=O)c2cccc(C(F)(F)F)c2)nc2cc(S(=O)(=O)N(C)C)ccc21. The molecule has 0 atom stereocenters. The van der Waals surface area contributed by atoms with Crippen LogP contribution in [0.25, 0.3) is 11.0 Å². The summed E-state index contributed by atoms with van der Waals surface area (Å²) >= 11 is 0. The predicted molar refractivity (Wildman–Crippen MR) is 111 cm³/mol. The van der Waals surface area contributed by atoms with Crippen molar-refractivity contribution in [1.82, 2.24) is 13.9 Å². The first-order valence-electron chi connectivity index (χ1n) is 9.71. The van der Waals surface area contributed by atoms with E-state index in [1.54, 1.807) is 10.6 Å². The van der Waals surface area contributed by atoms with Gasteiger partial charge in [-0.1, -0.05) is 13.0 Å². The van der Waals surface area contributed by atoms with E-state index in [1.165, 1.54) is 32.3 Å². The smallest absolute Gasteiger partial charge is 0.416 e. The van der Waals surface area contributed by atoms with Gasteiger partial charge < -0.3 is 9.30 Å². The highest BCUT2D eigenvalue weighted by atomic mass is 32.2. The number of benzene rings is 2. The molecule has 11 heteroatoms. The number of sulfonamides is 1. The summed E-state index contributed by atoms with van der Waals surface area (Å²) in [5.41, 5.74) is -0.0988. The molecule has 3 aromatic rings. The van der Waals surface area contributed by atoms with Gasteiger partial charge in [-0.3, -0.25) is 0 Å². The second kappa shape index (κ2) is 8.91. The molecule has 0 fully saturated rings. The fraction of sp³-hybridized carbons (Fsp3) is 0.333. The van der Waals surface area contributed by atoms with E-state index in [9.17, 15) is 26.4 Å². The molecule has 0 aliphatic carbocycles. The maximum atomic E-state index is 12.9. The monoisotopic (exact) mass is 469 g/mol. The van der Waals surface area contributed by atoms with E-state index in [1.807, 2.05) is 6.92 Å². The first-order chi connectivity index (χ1) is 14.9. The van der Waals surface area contributed by atoms with E-state index < -0.39 is 27.7 Å². The third kappa shape index (κ3) is 4.78. The highest BCUT2D eigenvalue weighted by molar-refractivity contribution is 7.89. The molecule has 0 unspecified atom stereocenters. The number of rotatable bonds is 7. The van der Waals surface area contributed by atoms with Crippen molar-refractivity contribution in [2.75, 3.05) is 14.1 Å². The van der Waals surface area contributed by atoms with Crippen molar-refractivity contribution in [3.8, 4) is 0 Å². The third-order valence-electron chi connectivity index (χ3n) is 4.78. The number of aryl methyl sites for hydroxylation is 1. The normalized spacial score (nSPS) is 12.5. The van der Waals surface area contributed by atoms with Gasteiger partial charge in [0.2, 0.25) is 10.0 Å². The molecule has 0 radical (unpaired) electrons. The minimum Gasteiger partial charge on any atom is -0.454 e. The Bertz CT molecular complexity index is 1250. The largest absolute Gasteiger partial charge is 0.454 e. The van der Waals surface area contributed by atoms with Crippen molar-refractivity contribution >= 4 is 27.0 Å². The average molecular weight is 469 g/mol. The maximum absolute atomic E-state index is 12.9. The third-order valence-corrected chi connectivity index (χ3v) is 6.59. The second-order valence-electron chi connectivity index (χ2n) is 7.27. The van der Waals surface area contributed by atoms with E-state index in [-0.39, 0.29) is 17.1 Å². The van der Waals surface area contributed by atoms with Gasteiger partial charge in [-0.05, 0) is 42.8 Å². The minimum atomic E-state index is -4.57. The van der Waals surface area contributed by atoms with Gasteiger partial charge in [0.15, 0.2) is 0 Å². The Labute approximate surface area is 183 Å². The Balaban J connectivity index is 1.90. The Hall–Kier alpha value is -2.92. The van der Waals surface area contributed by atoms with Crippen LogP contribution in [0.3, 0.4) is 0 Å². The molecule has 0 spiro atoms. The summed E-state index contributed by atoms with van der Waals surface area (Å²) < 4.78 is 71.6. The number of nitrogens with zero attached hydrogens (tertiary/aromatic N) is 3. The lowest BCUT2D eigenvalue weighted by Crippen LogP contribution is -2.22. The standard InChI is InChI=1S/C21H22F3N3O4S/c1-4-10-27-18-9-8-16(32(29,30)26(2)3)12-17(18)25-19(27)13-31-20(28)14-6-5-7-15(11-14)21(22,23)24/h5-9,11-12H,4,10,13H2,1-3H3. The van der Waals surface area contributed by atoms with Crippen LogP contribution in [0, 0.1) is 0 Å². The lowest BCUT2D eigenvalue weighted by molar-refractivity contribution is -0.137.